The van der Waals surface area contributed by atoms with Crippen LogP contribution in [0, 0.1) is 5.82 Å². The van der Waals surface area contributed by atoms with Crippen LogP contribution >= 0.6 is 11.6 Å². The molecule has 2 saturated heterocycles. The number of halogens is 2. The van der Waals surface area contributed by atoms with Gasteiger partial charge in [0, 0.05) is 42.3 Å². The van der Waals surface area contributed by atoms with Crippen molar-refractivity contribution in [1.29, 1.82) is 0 Å². The highest BCUT2D eigenvalue weighted by Gasteiger charge is 2.24. The van der Waals surface area contributed by atoms with Gasteiger partial charge in [0.15, 0.2) is 5.65 Å². The van der Waals surface area contributed by atoms with E-state index in [1.807, 2.05) is 0 Å². The lowest BCUT2D eigenvalue weighted by Crippen LogP contribution is -2.45. The van der Waals surface area contributed by atoms with Crippen molar-refractivity contribution in [2.24, 2.45) is 0 Å². The topological polar surface area (TPSA) is 125 Å². The number of morpholine rings is 1. The number of nitrogens with one attached hydrogen (secondary N) is 4. The van der Waals surface area contributed by atoms with Crippen molar-refractivity contribution in [3.8, 4) is 0 Å². The van der Waals surface area contributed by atoms with Gasteiger partial charge in [-0.3, -0.25) is 15.0 Å². The van der Waals surface area contributed by atoms with Crippen molar-refractivity contribution in [2.45, 2.75) is 13.0 Å². The SMILES string of the molecule is CC(CNc1cc(Nc2cc(Cl)ccc2F)nc2c(/C=C3\NC(=O)NC3=O)cnn12)N1CCOCC1. The molecule has 11 nitrogen and oxygen atoms in total. The number of hydrogen-bond acceptors (Lipinski definition) is 8. The number of nitrogens with zero attached hydrogens (tertiary/aromatic N) is 4. The van der Waals surface area contributed by atoms with E-state index in [1.54, 1.807) is 10.6 Å². The van der Waals surface area contributed by atoms with Gasteiger partial charge in [0.25, 0.3) is 5.91 Å². The number of carbonyl (C=O) groups is 2. The molecular weight excluding hydrogens is 491 g/mol. The summed E-state index contributed by atoms with van der Waals surface area (Å²) in [5.41, 5.74) is 1.12. The fourth-order valence-corrected chi connectivity index (χ4v) is 4.21. The maximum absolute atomic E-state index is 14.4. The molecular formula is C23H24ClFN8O3. The number of carbonyl (C=O) groups excluding carboxylic acids is 2. The molecule has 2 aliphatic rings. The first-order valence-corrected chi connectivity index (χ1v) is 11.8. The maximum atomic E-state index is 14.4. The van der Waals surface area contributed by atoms with Crippen molar-refractivity contribution in [2.75, 3.05) is 43.5 Å². The highest BCUT2D eigenvalue weighted by atomic mass is 35.5. The summed E-state index contributed by atoms with van der Waals surface area (Å²) in [6.45, 7) is 5.83. The van der Waals surface area contributed by atoms with Gasteiger partial charge in [-0.25, -0.2) is 14.2 Å². The second kappa shape index (κ2) is 10.1. The Hall–Kier alpha value is -3.74. The molecule has 13 heteroatoms. The molecule has 5 rings (SSSR count). The summed E-state index contributed by atoms with van der Waals surface area (Å²) in [5, 5.41) is 15.8. The Bertz CT molecular complexity index is 1350. The number of imide groups is 1. The molecule has 4 N–H and O–H groups in total. The second-order valence-corrected chi connectivity index (χ2v) is 8.89. The van der Waals surface area contributed by atoms with Crippen LogP contribution < -0.4 is 21.3 Å². The van der Waals surface area contributed by atoms with Crippen LogP contribution in [0.4, 0.5) is 26.5 Å². The number of urea groups is 1. The summed E-state index contributed by atoms with van der Waals surface area (Å²) < 4.78 is 21.4. The molecule has 0 spiro atoms. The van der Waals surface area contributed by atoms with Crippen molar-refractivity contribution in [1.82, 2.24) is 30.1 Å². The van der Waals surface area contributed by atoms with Crippen LogP contribution in [0.15, 0.2) is 36.2 Å². The molecule has 36 heavy (non-hydrogen) atoms. The maximum Gasteiger partial charge on any atom is 0.326 e. The first kappa shape index (κ1) is 24.0. The smallest absolute Gasteiger partial charge is 0.326 e. The Labute approximate surface area is 210 Å². The van der Waals surface area contributed by atoms with Crippen LogP contribution in [-0.4, -0.2) is 70.3 Å². The van der Waals surface area contributed by atoms with E-state index in [1.165, 1.54) is 30.5 Å². The molecule has 0 radical (unpaired) electrons. The molecule has 2 aromatic heterocycles. The van der Waals surface area contributed by atoms with Gasteiger partial charge in [-0.1, -0.05) is 11.6 Å². The fraction of sp³-hybridized carbons (Fsp3) is 0.304. The molecule has 1 atom stereocenters. The van der Waals surface area contributed by atoms with E-state index in [2.05, 4.69) is 43.2 Å². The third-order valence-electron chi connectivity index (χ3n) is 5.96. The molecule has 188 valence electrons. The third-order valence-corrected chi connectivity index (χ3v) is 6.19. The molecule has 4 heterocycles. The normalized spacial score (nSPS) is 18.4. The minimum Gasteiger partial charge on any atom is -0.379 e. The minimum atomic E-state index is -0.603. The highest BCUT2D eigenvalue weighted by molar-refractivity contribution is 6.30. The number of ether oxygens (including phenoxy) is 1. The Morgan fingerprint density at radius 1 is 1.25 bits per heavy atom. The van der Waals surface area contributed by atoms with Gasteiger partial charge in [-0.05, 0) is 31.2 Å². The van der Waals surface area contributed by atoms with E-state index < -0.39 is 17.8 Å². The van der Waals surface area contributed by atoms with Crippen molar-refractivity contribution in [3.05, 3.63) is 52.6 Å². The lowest BCUT2D eigenvalue weighted by atomic mass is 10.2. The van der Waals surface area contributed by atoms with Gasteiger partial charge in [0.1, 0.15) is 23.1 Å². The number of anilines is 3. The molecule has 3 aromatic rings. The zero-order valence-electron chi connectivity index (χ0n) is 19.3. The molecule has 1 aromatic carbocycles. The monoisotopic (exact) mass is 514 g/mol. The number of amides is 3. The first-order valence-electron chi connectivity index (χ1n) is 11.4. The summed E-state index contributed by atoms with van der Waals surface area (Å²) in [7, 11) is 0. The average molecular weight is 515 g/mol. The molecule has 0 bridgehead atoms. The predicted octanol–water partition coefficient (Wildman–Crippen LogP) is 2.58. The second-order valence-electron chi connectivity index (χ2n) is 8.46. The number of fused-ring (bicyclic) bond motifs is 1. The highest BCUT2D eigenvalue weighted by Crippen LogP contribution is 2.26. The van der Waals surface area contributed by atoms with E-state index in [0.29, 0.717) is 47.6 Å². The number of hydrogen-bond donors (Lipinski definition) is 4. The van der Waals surface area contributed by atoms with Gasteiger partial charge in [0.05, 0.1) is 25.1 Å². The average Bonchev–Trinajstić information content (AvgIpc) is 3.42. The van der Waals surface area contributed by atoms with Crippen LogP contribution in [0.25, 0.3) is 11.7 Å². The molecule has 2 fully saturated rings. The van der Waals surface area contributed by atoms with Crippen LogP contribution in [0.1, 0.15) is 12.5 Å². The van der Waals surface area contributed by atoms with Gasteiger partial charge < -0.3 is 20.7 Å². The van der Waals surface area contributed by atoms with Gasteiger partial charge in [-0.15, -0.1) is 0 Å². The van der Waals surface area contributed by atoms with E-state index in [-0.39, 0.29) is 17.4 Å². The van der Waals surface area contributed by atoms with Crippen LogP contribution in [0.5, 0.6) is 0 Å². The third kappa shape index (κ3) is 5.10. The lowest BCUT2D eigenvalue weighted by Gasteiger charge is -2.32. The van der Waals surface area contributed by atoms with Crippen LogP contribution in [0.3, 0.4) is 0 Å². The standard InChI is InChI=1S/C23H24ClFN8O3/c1-13(32-4-6-36-7-5-32)11-26-20-10-19(28-17-9-15(24)2-3-16(17)25)30-21-14(12-27-33(20)21)8-18-22(34)31-23(35)29-18/h2-3,8-10,12-13,26H,4-7,11H2,1H3,(H,28,30)(H2,29,31,34,35)/b18-8-. The quantitative estimate of drug-likeness (QED) is 0.280. The van der Waals surface area contributed by atoms with Crippen LogP contribution in [-0.2, 0) is 9.53 Å². The molecule has 1 unspecified atom stereocenters. The van der Waals surface area contributed by atoms with Gasteiger partial charge in [0.2, 0.25) is 0 Å². The Kier molecular flexibility index (Phi) is 6.72. The van der Waals surface area contributed by atoms with Crippen molar-refractivity contribution in [3.63, 3.8) is 0 Å². The number of rotatable bonds is 7. The summed E-state index contributed by atoms with van der Waals surface area (Å²) in [6, 6.07) is 5.52. The largest absolute Gasteiger partial charge is 0.379 e. The molecule has 0 saturated carbocycles. The molecule has 0 aliphatic carbocycles. The molecule has 2 aliphatic heterocycles. The van der Waals surface area contributed by atoms with Crippen molar-refractivity contribution < 1.29 is 18.7 Å². The Balaban J connectivity index is 1.49. The summed E-state index contributed by atoms with van der Waals surface area (Å²) in [5.74, 6) is -0.0927. The Morgan fingerprint density at radius 2 is 2.06 bits per heavy atom. The zero-order chi connectivity index (χ0) is 25.2. The van der Waals surface area contributed by atoms with Crippen LogP contribution in [0.2, 0.25) is 5.02 Å². The van der Waals surface area contributed by atoms with Gasteiger partial charge in [-0.2, -0.15) is 9.61 Å². The lowest BCUT2D eigenvalue weighted by molar-refractivity contribution is -0.115. The zero-order valence-corrected chi connectivity index (χ0v) is 20.1. The summed E-state index contributed by atoms with van der Waals surface area (Å²) >= 11 is 6.05. The Morgan fingerprint density at radius 3 is 2.81 bits per heavy atom. The summed E-state index contributed by atoms with van der Waals surface area (Å²) in [4.78, 5) is 30.4. The van der Waals surface area contributed by atoms with E-state index >= 15 is 0 Å². The van der Waals surface area contributed by atoms with E-state index in [9.17, 15) is 14.0 Å². The predicted molar refractivity (Wildman–Crippen MR) is 133 cm³/mol. The number of aromatic nitrogens is 3. The van der Waals surface area contributed by atoms with E-state index in [0.717, 1.165) is 13.1 Å². The summed E-state index contributed by atoms with van der Waals surface area (Å²) in [6.07, 6.45) is 3.02. The minimum absolute atomic E-state index is 0.0754. The fourth-order valence-electron chi connectivity index (χ4n) is 4.04. The first-order chi connectivity index (χ1) is 17.4. The number of benzene rings is 1. The van der Waals surface area contributed by atoms with Crippen molar-refractivity contribution >= 4 is 52.6 Å². The van der Waals surface area contributed by atoms with E-state index in [4.69, 9.17) is 16.3 Å². The van der Waals surface area contributed by atoms with Gasteiger partial charge >= 0.3 is 6.03 Å². The molecule has 3 amide bonds.